The topological polar surface area (TPSA) is 79.9 Å². The predicted molar refractivity (Wildman–Crippen MR) is 83.3 cm³/mol. The van der Waals surface area contributed by atoms with E-state index in [0.717, 1.165) is 12.0 Å². The number of nitrogens with one attached hydrogen (secondary N) is 2. The van der Waals surface area contributed by atoms with Crippen molar-refractivity contribution in [2.75, 3.05) is 33.4 Å². The molecule has 0 saturated carbocycles. The smallest absolute Gasteiger partial charge is 0.246 e. The Hall–Kier alpha value is -2.28. The third-order valence-electron chi connectivity index (χ3n) is 4.04. The van der Waals surface area contributed by atoms with Gasteiger partial charge >= 0.3 is 0 Å². The van der Waals surface area contributed by atoms with Crippen molar-refractivity contribution in [1.29, 1.82) is 0 Å². The van der Waals surface area contributed by atoms with Gasteiger partial charge in [0.15, 0.2) is 11.5 Å². The highest BCUT2D eigenvalue weighted by Gasteiger charge is 2.29. The first kappa shape index (κ1) is 15.6. The van der Waals surface area contributed by atoms with E-state index in [0.29, 0.717) is 37.7 Å². The van der Waals surface area contributed by atoms with Crippen LogP contribution in [-0.2, 0) is 16.1 Å². The van der Waals surface area contributed by atoms with Crippen LogP contribution >= 0.6 is 0 Å². The average Bonchev–Trinajstić information content (AvgIpc) is 2.54. The molecule has 124 valence electrons. The molecule has 1 saturated heterocycles. The molecule has 2 aliphatic rings. The number of nitrogens with zero attached hydrogens (tertiary/aromatic N) is 1. The second kappa shape index (κ2) is 6.87. The summed E-state index contributed by atoms with van der Waals surface area (Å²) in [5.74, 6) is 1.15. The molecule has 1 fully saturated rings. The zero-order valence-electron chi connectivity index (χ0n) is 13.1. The fraction of sp³-hybridized carbons (Fsp3) is 0.500. The Morgan fingerprint density at radius 3 is 3.09 bits per heavy atom. The monoisotopic (exact) mass is 319 g/mol. The Morgan fingerprint density at radius 2 is 2.30 bits per heavy atom. The Labute approximate surface area is 134 Å². The zero-order chi connectivity index (χ0) is 16.2. The van der Waals surface area contributed by atoms with Gasteiger partial charge in [0.2, 0.25) is 11.8 Å². The number of benzene rings is 1. The van der Waals surface area contributed by atoms with Crippen molar-refractivity contribution >= 4 is 11.8 Å². The van der Waals surface area contributed by atoms with Crippen molar-refractivity contribution in [1.82, 2.24) is 15.5 Å². The lowest BCUT2D eigenvalue weighted by molar-refractivity contribution is -0.138. The summed E-state index contributed by atoms with van der Waals surface area (Å²) in [4.78, 5) is 26.0. The van der Waals surface area contributed by atoms with Crippen LogP contribution in [0.1, 0.15) is 12.0 Å². The third kappa shape index (κ3) is 3.39. The number of rotatable bonds is 2. The van der Waals surface area contributed by atoms with E-state index in [4.69, 9.17) is 9.47 Å². The summed E-state index contributed by atoms with van der Waals surface area (Å²) in [6.45, 7) is 2.28. The lowest BCUT2D eigenvalue weighted by Crippen LogP contribution is -2.59. The summed E-state index contributed by atoms with van der Waals surface area (Å²) in [5, 5.41) is 5.71. The number of piperazine rings is 1. The number of para-hydroxylation sites is 1. The van der Waals surface area contributed by atoms with Crippen molar-refractivity contribution in [2.45, 2.75) is 19.0 Å². The first-order valence-corrected chi connectivity index (χ1v) is 7.76. The SMILES string of the molecule is COc1cccc2c1OCCCN(C(=O)C1CNCC(=O)N1)C2. The fourth-order valence-corrected chi connectivity index (χ4v) is 2.91. The lowest BCUT2D eigenvalue weighted by Gasteiger charge is -2.32. The van der Waals surface area contributed by atoms with Gasteiger partial charge in [-0.15, -0.1) is 0 Å². The van der Waals surface area contributed by atoms with Crippen molar-refractivity contribution < 1.29 is 19.1 Å². The number of hydrogen-bond acceptors (Lipinski definition) is 5. The van der Waals surface area contributed by atoms with Gasteiger partial charge in [-0.3, -0.25) is 9.59 Å². The Kier molecular flexibility index (Phi) is 4.66. The molecular weight excluding hydrogens is 298 g/mol. The molecule has 1 aromatic rings. The van der Waals surface area contributed by atoms with E-state index in [1.165, 1.54) is 0 Å². The normalized spacial score (nSPS) is 21.3. The highest BCUT2D eigenvalue weighted by molar-refractivity contribution is 5.89. The highest BCUT2D eigenvalue weighted by atomic mass is 16.5. The number of methoxy groups -OCH3 is 1. The summed E-state index contributed by atoms with van der Waals surface area (Å²) >= 11 is 0. The van der Waals surface area contributed by atoms with Crippen LogP contribution in [0.15, 0.2) is 18.2 Å². The predicted octanol–water partition coefficient (Wildman–Crippen LogP) is -0.106. The van der Waals surface area contributed by atoms with E-state index >= 15 is 0 Å². The molecule has 7 heteroatoms. The summed E-state index contributed by atoms with van der Waals surface area (Å²) in [6, 6.07) is 5.15. The van der Waals surface area contributed by atoms with Crippen molar-refractivity contribution in [3.63, 3.8) is 0 Å². The number of amides is 2. The van der Waals surface area contributed by atoms with Crippen LogP contribution in [0.25, 0.3) is 0 Å². The lowest BCUT2D eigenvalue weighted by atomic mass is 10.1. The Morgan fingerprint density at radius 1 is 1.43 bits per heavy atom. The molecule has 2 amide bonds. The second-order valence-corrected chi connectivity index (χ2v) is 5.66. The average molecular weight is 319 g/mol. The largest absolute Gasteiger partial charge is 0.493 e. The number of hydrogen-bond donors (Lipinski definition) is 2. The van der Waals surface area contributed by atoms with Gasteiger partial charge in [0.05, 0.1) is 20.3 Å². The van der Waals surface area contributed by atoms with E-state index in [2.05, 4.69) is 10.6 Å². The number of ether oxygens (including phenoxy) is 2. The van der Waals surface area contributed by atoms with Crippen LogP contribution in [0.2, 0.25) is 0 Å². The molecule has 0 radical (unpaired) electrons. The highest BCUT2D eigenvalue weighted by Crippen LogP contribution is 2.33. The van der Waals surface area contributed by atoms with Crippen LogP contribution in [0.5, 0.6) is 11.5 Å². The van der Waals surface area contributed by atoms with E-state index in [9.17, 15) is 9.59 Å². The van der Waals surface area contributed by atoms with Crippen molar-refractivity contribution in [3.05, 3.63) is 23.8 Å². The number of carbonyl (C=O) groups is 2. The minimum Gasteiger partial charge on any atom is -0.493 e. The molecule has 0 bridgehead atoms. The van der Waals surface area contributed by atoms with Gasteiger partial charge in [-0.05, 0) is 12.5 Å². The van der Waals surface area contributed by atoms with E-state index in [1.54, 1.807) is 12.0 Å². The van der Waals surface area contributed by atoms with E-state index in [-0.39, 0.29) is 18.4 Å². The van der Waals surface area contributed by atoms with Crippen LogP contribution in [-0.4, -0.2) is 56.1 Å². The van der Waals surface area contributed by atoms with Crippen molar-refractivity contribution in [3.8, 4) is 11.5 Å². The maximum atomic E-state index is 12.7. The molecule has 0 spiro atoms. The molecule has 0 aliphatic carbocycles. The minimum absolute atomic E-state index is 0.0683. The Bertz CT molecular complexity index is 605. The second-order valence-electron chi connectivity index (χ2n) is 5.66. The van der Waals surface area contributed by atoms with E-state index in [1.807, 2.05) is 18.2 Å². The van der Waals surface area contributed by atoms with Crippen LogP contribution in [0.3, 0.4) is 0 Å². The molecular formula is C16H21N3O4. The molecule has 0 aromatic heterocycles. The van der Waals surface area contributed by atoms with Crippen molar-refractivity contribution in [2.24, 2.45) is 0 Å². The van der Waals surface area contributed by atoms with Gasteiger partial charge < -0.3 is 25.0 Å². The van der Waals surface area contributed by atoms with Gasteiger partial charge in [-0.1, -0.05) is 12.1 Å². The molecule has 23 heavy (non-hydrogen) atoms. The number of carbonyl (C=O) groups excluding carboxylic acids is 2. The van der Waals surface area contributed by atoms with Gasteiger partial charge in [0.1, 0.15) is 6.04 Å². The molecule has 2 heterocycles. The molecule has 7 nitrogen and oxygen atoms in total. The summed E-state index contributed by atoms with van der Waals surface area (Å²) < 4.78 is 11.1. The van der Waals surface area contributed by atoms with Gasteiger partial charge in [-0.2, -0.15) is 0 Å². The van der Waals surface area contributed by atoms with Crippen LogP contribution < -0.4 is 20.1 Å². The maximum absolute atomic E-state index is 12.7. The van der Waals surface area contributed by atoms with Gasteiger partial charge in [0, 0.05) is 25.2 Å². The fourth-order valence-electron chi connectivity index (χ4n) is 2.91. The standard InChI is InChI=1S/C16H21N3O4/c1-22-13-5-2-4-11-10-19(6-3-7-23-15(11)13)16(21)12-8-17-9-14(20)18-12/h2,4-5,12,17H,3,6-10H2,1H3,(H,18,20). The zero-order valence-corrected chi connectivity index (χ0v) is 13.1. The minimum atomic E-state index is -0.509. The molecule has 1 aromatic carbocycles. The molecule has 2 N–H and O–H groups in total. The van der Waals surface area contributed by atoms with Gasteiger partial charge in [-0.25, -0.2) is 0 Å². The third-order valence-corrected chi connectivity index (χ3v) is 4.04. The Balaban J connectivity index is 1.80. The summed E-state index contributed by atoms with van der Waals surface area (Å²) in [7, 11) is 1.60. The summed E-state index contributed by atoms with van der Waals surface area (Å²) in [6.07, 6.45) is 0.733. The maximum Gasteiger partial charge on any atom is 0.246 e. The van der Waals surface area contributed by atoms with Crippen LogP contribution in [0.4, 0.5) is 0 Å². The summed E-state index contributed by atoms with van der Waals surface area (Å²) in [5.41, 5.74) is 0.910. The molecule has 1 atom stereocenters. The first-order chi connectivity index (χ1) is 11.2. The van der Waals surface area contributed by atoms with Gasteiger partial charge in [0.25, 0.3) is 0 Å². The molecule has 3 rings (SSSR count). The van der Waals surface area contributed by atoms with E-state index < -0.39 is 6.04 Å². The van der Waals surface area contributed by atoms with Crippen LogP contribution in [0, 0.1) is 0 Å². The quantitative estimate of drug-likeness (QED) is 0.795. The first-order valence-electron chi connectivity index (χ1n) is 7.76. The molecule has 2 aliphatic heterocycles. The number of fused-ring (bicyclic) bond motifs is 1. The molecule has 1 unspecified atom stereocenters.